The maximum absolute atomic E-state index is 13.6. The van der Waals surface area contributed by atoms with Gasteiger partial charge < -0.3 is 14.4 Å². The summed E-state index contributed by atoms with van der Waals surface area (Å²) in [5, 5.41) is 0. The summed E-state index contributed by atoms with van der Waals surface area (Å²) in [6, 6.07) is 15.9. The lowest BCUT2D eigenvalue weighted by molar-refractivity contribution is -0.137. The second-order valence-corrected chi connectivity index (χ2v) is 6.11. The van der Waals surface area contributed by atoms with Crippen LogP contribution < -0.4 is 14.4 Å². The summed E-state index contributed by atoms with van der Waals surface area (Å²) < 4.78 is 51.6. The van der Waals surface area contributed by atoms with Crippen LogP contribution in [0.25, 0.3) is 0 Å². The Hall–Kier alpha value is -3.29. The summed E-state index contributed by atoms with van der Waals surface area (Å²) in [4.78, 5) is 9.30. The van der Waals surface area contributed by atoms with E-state index in [1.54, 1.807) is 31.2 Å². The standard InChI is InChI=1S/C21H20F3N3O2/c1-3-27(16-10-7-11-17(12-16)28-2)19-18(21(22,23)24)13-25-20(26-19)29-14-15-8-5-4-6-9-15/h4-13H,3,14H2,1-2H3. The predicted octanol–water partition coefficient (Wildman–Crippen LogP) is 5.24. The molecule has 0 aliphatic carbocycles. The van der Waals surface area contributed by atoms with Crippen LogP contribution in [0.5, 0.6) is 11.8 Å². The highest BCUT2D eigenvalue weighted by Crippen LogP contribution is 2.38. The van der Waals surface area contributed by atoms with Gasteiger partial charge in [-0.05, 0) is 24.6 Å². The first-order valence-electron chi connectivity index (χ1n) is 8.95. The van der Waals surface area contributed by atoms with Crippen molar-refractivity contribution in [3.63, 3.8) is 0 Å². The number of hydrogen-bond acceptors (Lipinski definition) is 5. The van der Waals surface area contributed by atoms with Crippen molar-refractivity contribution in [1.82, 2.24) is 9.97 Å². The number of aromatic nitrogens is 2. The molecule has 3 aromatic rings. The van der Waals surface area contributed by atoms with Crippen LogP contribution in [-0.4, -0.2) is 23.6 Å². The zero-order valence-corrected chi connectivity index (χ0v) is 16.0. The topological polar surface area (TPSA) is 47.5 Å². The molecular formula is C21H20F3N3O2. The third-order valence-corrected chi connectivity index (χ3v) is 4.20. The molecule has 0 bridgehead atoms. The van der Waals surface area contributed by atoms with Crippen molar-refractivity contribution in [2.45, 2.75) is 19.7 Å². The zero-order chi connectivity index (χ0) is 20.9. The Morgan fingerprint density at radius 2 is 1.79 bits per heavy atom. The number of anilines is 2. The SMILES string of the molecule is CCN(c1cccc(OC)c1)c1nc(OCc2ccccc2)ncc1C(F)(F)F. The van der Waals surface area contributed by atoms with E-state index >= 15 is 0 Å². The molecule has 29 heavy (non-hydrogen) atoms. The lowest BCUT2D eigenvalue weighted by Gasteiger charge is -2.25. The quantitative estimate of drug-likeness (QED) is 0.540. The molecule has 1 heterocycles. The average molecular weight is 403 g/mol. The highest BCUT2D eigenvalue weighted by molar-refractivity contribution is 5.64. The Labute approximate surface area is 166 Å². The van der Waals surface area contributed by atoms with E-state index in [2.05, 4.69) is 9.97 Å². The van der Waals surface area contributed by atoms with Crippen LogP contribution in [0.4, 0.5) is 24.7 Å². The molecule has 5 nitrogen and oxygen atoms in total. The molecule has 3 rings (SSSR count). The average Bonchev–Trinajstić information content (AvgIpc) is 2.73. The fraction of sp³-hybridized carbons (Fsp3) is 0.238. The van der Waals surface area contributed by atoms with Crippen LogP contribution in [0.3, 0.4) is 0 Å². The van der Waals surface area contributed by atoms with Gasteiger partial charge in [0, 0.05) is 24.5 Å². The van der Waals surface area contributed by atoms with Gasteiger partial charge in [-0.2, -0.15) is 18.2 Å². The molecule has 0 amide bonds. The first kappa shape index (κ1) is 20.4. The molecule has 0 N–H and O–H groups in total. The fourth-order valence-corrected chi connectivity index (χ4v) is 2.79. The minimum absolute atomic E-state index is 0.127. The number of alkyl halides is 3. The zero-order valence-electron chi connectivity index (χ0n) is 16.0. The van der Waals surface area contributed by atoms with Crippen molar-refractivity contribution in [1.29, 1.82) is 0 Å². The van der Waals surface area contributed by atoms with Crippen LogP contribution in [0.1, 0.15) is 18.1 Å². The van der Waals surface area contributed by atoms with E-state index in [4.69, 9.17) is 9.47 Å². The number of hydrogen-bond donors (Lipinski definition) is 0. The molecule has 0 aliphatic heterocycles. The van der Waals surface area contributed by atoms with Crippen molar-refractivity contribution in [2.24, 2.45) is 0 Å². The second-order valence-electron chi connectivity index (χ2n) is 6.11. The molecule has 152 valence electrons. The minimum atomic E-state index is -4.61. The van der Waals surface area contributed by atoms with E-state index in [1.165, 1.54) is 12.0 Å². The molecule has 0 saturated heterocycles. The van der Waals surface area contributed by atoms with Crippen molar-refractivity contribution in [2.75, 3.05) is 18.6 Å². The molecule has 0 atom stereocenters. The molecule has 8 heteroatoms. The lowest BCUT2D eigenvalue weighted by Crippen LogP contribution is -2.23. The summed E-state index contributed by atoms with van der Waals surface area (Å²) in [6.07, 6.45) is -3.86. The van der Waals surface area contributed by atoms with Gasteiger partial charge in [0.1, 0.15) is 17.9 Å². The number of methoxy groups -OCH3 is 1. The molecule has 0 unspecified atom stereocenters. The Kier molecular flexibility index (Phi) is 6.21. The molecule has 0 aliphatic rings. The lowest BCUT2D eigenvalue weighted by atomic mass is 10.2. The third-order valence-electron chi connectivity index (χ3n) is 4.20. The fourth-order valence-electron chi connectivity index (χ4n) is 2.79. The Bertz CT molecular complexity index is 949. The van der Waals surface area contributed by atoms with Crippen molar-refractivity contribution in [3.05, 3.63) is 71.9 Å². The van der Waals surface area contributed by atoms with Gasteiger partial charge in [-0.15, -0.1) is 0 Å². The first-order valence-corrected chi connectivity index (χ1v) is 8.95. The van der Waals surface area contributed by atoms with Crippen molar-refractivity contribution < 1.29 is 22.6 Å². The Balaban J connectivity index is 1.98. The van der Waals surface area contributed by atoms with E-state index < -0.39 is 11.7 Å². The van der Waals surface area contributed by atoms with Gasteiger partial charge >= 0.3 is 12.2 Å². The molecule has 2 aromatic carbocycles. The van der Waals surface area contributed by atoms with E-state index in [0.29, 0.717) is 11.4 Å². The number of halogens is 3. The van der Waals surface area contributed by atoms with E-state index in [-0.39, 0.29) is 25.0 Å². The van der Waals surface area contributed by atoms with Gasteiger partial charge in [-0.3, -0.25) is 0 Å². The predicted molar refractivity (Wildman–Crippen MR) is 103 cm³/mol. The van der Waals surface area contributed by atoms with Gasteiger partial charge in [-0.1, -0.05) is 36.4 Å². The molecule has 0 saturated carbocycles. The summed E-state index contributed by atoms with van der Waals surface area (Å²) in [7, 11) is 1.50. The normalized spacial score (nSPS) is 11.2. The van der Waals surface area contributed by atoms with Crippen LogP contribution in [0.15, 0.2) is 60.8 Å². The second kappa shape index (κ2) is 8.81. The highest BCUT2D eigenvalue weighted by Gasteiger charge is 2.37. The molecule has 1 aromatic heterocycles. The van der Waals surface area contributed by atoms with Crippen molar-refractivity contribution in [3.8, 4) is 11.8 Å². The maximum atomic E-state index is 13.6. The van der Waals surface area contributed by atoms with Gasteiger partial charge in [0.15, 0.2) is 5.82 Å². The number of benzene rings is 2. The minimum Gasteiger partial charge on any atom is -0.497 e. The Morgan fingerprint density at radius 1 is 1.03 bits per heavy atom. The molecule has 0 spiro atoms. The van der Waals surface area contributed by atoms with Crippen LogP contribution in [0.2, 0.25) is 0 Å². The van der Waals surface area contributed by atoms with Gasteiger partial charge in [0.25, 0.3) is 0 Å². The van der Waals surface area contributed by atoms with Gasteiger partial charge in [-0.25, -0.2) is 4.98 Å². The summed E-state index contributed by atoms with van der Waals surface area (Å²) in [6.45, 7) is 2.15. The highest BCUT2D eigenvalue weighted by atomic mass is 19.4. The van der Waals surface area contributed by atoms with Crippen LogP contribution in [-0.2, 0) is 12.8 Å². The van der Waals surface area contributed by atoms with Crippen LogP contribution >= 0.6 is 0 Å². The Morgan fingerprint density at radius 3 is 2.45 bits per heavy atom. The molecular weight excluding hydrogens is 383 g/mol. The monoisotopic (exact) mass is 403 g/mol. The summed E-state index contributed by atoms with van der Waals surface area (Å²) >= 11 is 0. The van der Waals surface area contributed by atoms with E-state index in [9.17, 15) is 13.2 Å². The third kappa shape index (κ3) is 4.96. The van der Waals surface area contributed by atoms with Crippen molar-refractivity contribution >= 4 is 11.5 Å². The molecule has 0 fully saturated rings. The number of ether oxygens (including phenoxy) is 2. The van der Waals surface area contributed by atoms with Gasteiger partial charge in [0.2, 0.25) is 0 Å². The smallest absolute Gasteiger partial charge is 0.421 e. The van der Waals surface area contributed by atoms with E-state index in [1.807, 2.05) is 30.3 Å². The summed E-state index contributed by atoms with van der Waals surface area (Å²) in [5.74, 6) is 0.260. The maximum Gasteiger partial charge on any atom is 0.421 e. The largest absolute Gasteiger partial charge is 0.497 e. The number of rotatable bonds is 7. The molecule has 0 radical (unpaired) electrons. The van der Waals surface area contributed by atoms with Crippen LogP contribution in [0, 0.1) is 0 Å². The van der Waals surface area contributed by atoms with Gasteiger partial charge in [0.05, 0.1) is 7.11 Å². The first-order chi connectivity index (χ1) is 13.9. The van der Waals surface area contributed by atoms with E-state index in [0.717, 1.165) is 11.8 Å². The number of nitrogens with zero attached hydrogens (tertiary/aromatic N) is 3. The summed E-state index contributed by atoms with van der Waals surface area (Å²) in [5.41, 5.74) is 0.442.